The highest BCUT2D eigenvalue weighted by Crippen LogP contribution is 2.14. The molecule has 0 bridgehead atoms. The first-order valence-corrected chi connectivity index (χ1v) is 6.85. The van der Waals surface area contributed by atoms with Crippen LogP contribution in [0.2, 0.25) is 0 Å². The van der Waals surface area contributed by atoms with E-state index in [0.717, 1.165) is 38.9 Å². The van der Waals surface area contributed by atoms with Crippen molar-refractivity contribution in [3.63, 3.8) is 0 Å². The van der Waals surface area contributed by atoms with Crippen molar-refractivity contribution in [1.29, 1.82) is 0 Å². The summed E-state index contributed by atoms with van der Waals surface area (Å²) in [6, 6.07) is 0. The summed E-state index contributed by atoms with van der Waals surface area (Å²) in [5.74, 6) is 0. The Morgan fingerprint density at radius 1 is 0.941 bits per heavy atom. The summed E-state index contributed by atoms with van der Waals surface area (Å²) in [5, 5.41) is 17.8. The van der Waals surface area contributed by atoms with Gasteiger partial charge in [-0.25, -0.2) is 0 Å². The Bertz CT molecular complexity index is 169. The fourth-order valence-electron chi connectivity index (χ4n) is 2.06. The lowest BCUT2D eigenvalue weighted by atomic mass is 10.1. The van der Waals surface area contributed by atoms with Gasteiger partial charge in [0.1, 0.15) is 0 Å². The van der Waals surface area contributed by atoms with Gasteiger partial charge in [-0.3, -0.25) is 0 Å². The van der Waals surface area contributed by atoms with Gasteiger partial charge in [-0.05, 0) is 19.3 Å². The largest absolute Gasteiger partial charge is 0.394 e. The Balaban J connectivity index is 1.75. The molecular weight excluding hydrogens is 220 g/mol. The number of aliphatic hydroxyl groups excluding tert-OH is 2. The Hall–Kier alpha value is -0.160. The Kier molecular flexibility index (Phi) is 8.61. The average Bonchev–Trinajstić information content (AvgIpc) is 2.85. The van der Waals surface area contributed by atoms with Crippen LogP contribution < -0.4 is 0 Å². The smallest absolute Gasteiger partial charge is 0.157 e. The maximum atomic E-state index is 9.14. The molecule has 0 aliphatic carbocycles. The Labute approximate surface area is 104 Å². The number of rotatable bonds is 10. The Morgan fingerprint density at radius 3 is 2.18 bits per heavy atom. The minimum atomic E-state index is -0.522. The number of aliphatic hydroxyl groups is 2. The third kappa shape index (κ3) is 7.71. The highest BCUT2D eigenvalue weighted by molar-refractivity contribution is 4.55. The maximum Gasteiger partial charge on any atom is 0.157 e. The van der Waals surface area contributed by atoms with E-state index in [1.165, 1.54) is 25.7 Å². The lowest BCUT2D eigenvalue weighted by Crippen LogP contribution is -2.10. The van der Waals surface area contributed by atoms with Crippen LogP contribution in [0.25, 0.3) is 0 Å². The van der Waals surface area contributed by atoms with E-state index in [1.807, 2.05) is 0 Å². The van der Waals surface area contributed by atoms with E-state index < -0.39 is 6.10 Å². The zero-order chi connectivity index (χ0) is 12.3. The normalized spacial score (nSPS) is 18.7. The van der Waals surface area contributed by atoms with Crippen molar-refractivity contribution in [2.45, 2.75) is 63.8 Å². The SMILES string of the molecule is OC[C@H](O)CCCCCCCCC1OCCO1. The van der Waals surface area contributed by atoms with E-state index in [-0.39, 0.29) is 12.9 Å². The molecule has 102 valence electrons. The molecule has 0 amide bonds. The summed E-state index contributed by atoms with van der Waals surface area (Å²) in [4.78, 5) is 0. The topological polar surface area (TPSA) is 58.9 Å². The molecule has 0 spiro atoms. The van der Waals surface area contributed by atoms with Gasteiger partial charge in [-0.2, -0.15) is 0 Å². The number of hydrogen-bond acceptors (Lipinski definition) is 4. The fraction of sp³-hybridized carbons (Fsp3) is 1.00. The maximum absolute atomic E-state index is 9.14. The van der Waals surface area contributed by atoms with Crippen LogP contribution in [0.15, 0.2) is 0 Å². The van der Waals surface area contributed by atoms with E-state index >= 15 is 0 Å². The van der Waals surface area contributed by atoms with Crippen LogP contribution in [-0.2, 0) is 9.47 Å². The zero-order valence-corrected chi connectivity index (χ0v) is 10.6. The van der Waals surface area contributed by atoms with E-state index in [2.05, 4.69) is 0 Å². The highest BCUT2D eigenvalue weighted by atomic mass is 16.7. The second-order valence-electron chi connectivity index (χ2n) is 4.71. The van der Waals surface area contributed by atoms with Gasteiger partial charge in [0.2, 0.25) is 0 Å². The van der Waals surface area contributed by atoms with E-state index in [0.29, 0.717) is 0 Å². The van der Waals surface area contributed by atoms with Crippen LogP contribution in [-0.4, -0.2) is 42.4 Å². The molecule has 0 radical (unpaired) electrons. The van der Waals surface area contributed by atoms with Crippen molar-refractivity contribution in [3.05, 3.63) is 0 Å². The first kappa shape index (κ1) is 14.9. The lowest BCUT2D eigenvalue weighted by molar-refractivity contribution is -0.0480. The summed E-state index contributed by atoms with van der Waals surface area (Å²) in [6.45, 7) is 1.39. The lowest BCUT2D eigenvalue weighted by Gasteiger charge is -2.08. The molecule has 1 aliphatic rings. The predicted octanol–water partition coefficient (Wildman–Crippen LogP) is 1.83. The van der Waals surface area contributed by atoms with Gasteiger partial charge in [0, 0.05) is 0 Å². The summed E-state index contributed by atoms with van der Waals surface area (Å²) < 4.78 is 10.7. The summed E-state index contributed by atoms with van der Waals surface area (Å²) in [7, 11) is 0. The molecule has 17 heavy (non-hydrogen) atoms. The van der Waals surface area contributed by atoms with Gasteiger partial charge in [-0.15, -0.1) is 0 Å². The summed E-state index contributed by atoms with van der Waals surface area (Å²) in [6.07, 6.45) is 8.27. The van der Waals surface area contributed by atoms with Crippen LogP contribution in [0.5, 0.6) is 0 Å². The molecule has 4 nitrogen and oxygen atoms in total. The van der Waals surface area contributed by atoms with Crippen LogP contribution in [0, 0.1) is 0 Å². The first-order valence-electron chi connectivity index (χ1n) is 6.85. The number of ether oxygens (including phenoxy) is 2. The summed E-state index contributed by atoms with van der Waals surface area (Å²) >= 11 is 0. The van der Waals surface area contributed by atoms with Gasteiger partial charge in [0.05, 0.1) is 25.9 Å². The average molecular weight is 246 g/mol. The molecular formula is C13H26O4. The van der Waals surface area contributed by atoms with Crippen LogP contribution in [0.3, 0.4) is 0 Å². The fourth-order valence-corrected chi connectivity index (χ4v) is 2.06. The standard InChI is InChI=1S/C13H26O4/c14-11-12(15)7-5-3-1-2-4-6-8-13-16-9-10-17-13/h12-15H,1-11H2/t12-/m1/s1. The van der Waals surface area contributed by atoms with Crippen LogP contribution in [0.4, 0.5) is 0 Å². The molecule has 0 aromatic carbocycles. The van der Waals surface area contributed by atoms with Crippen molar-refractivity contribution < 1.29 is 19.7 Å². The number of unbranched alkanes of at least 4 members (excludes halogenated alkanes) is 5. The summed E-state index contributed by atoms with van der Waals surface area (Å²) in [5.41, 5.74) is 0. The number of hydrogen-bond donors (Lipinski definition) is 2. The van der Waals surface area contributed by atoms with E-state index in [4.69, 9.17) is 19.7 Å². The van der Waals surface area contributed by atoms with E-state index in [1.54, 1.807) is 0 Å². The molecule has 0 aromatic heterocycles. The van der Waals surface area contributed by atoms with Crippen molar-refractivity contribution in [1.82, 2.24) is 0 Å². The molecule has 1 saturated heterocycles. The van der Waals surface area contributed by atoms with Crippen molar-refractivity contribution in [2.24, 2.45) is 0 Å². The molecule has 1 heterocycles. The highest BCUT2D eigenvalue weighted by Gasteiger charge is 2.14. The monoisotopic (exact) mass is 246 g/mol. The van der Waals surface area contributed by atoms with E-state index in [9.17, 15) is 0 Å². The van der Waals surface area contributed by atoms with Crippen molar-refractivity contribution >= 4 is 0 Å². The van der Waals surface area contributed by atoms with Crippen LogP contribution in [0.1, 0.15) is 51.4 Å². The first-order chi connectivity index (χ1) is 8.33. The third-order valence-corrected chi connectivity index (χ3v) is 3.13. The third-order valence-electron chi connectivity index (χ3n) is 3.13. The molecule has 0 saturated carbocycles. The molecule has 1 fully saturated rings. The molecule has 1 atom stereocenters. The van der Waals surface area contributed by atoms with Gasteiger partial charge in [0.15, 0.2) is 6.29 Å². The second-order valence-corrected chi connectivity index (χ2v) is 4.71. The molecule has 1 aliphatic heterocycles. The minimum absolute atomic E-state index is 0.0506. The van der Waals surface area contributed by atoms with Gasteiger partial charge in [0.25, 0.3) is 0 Å². The van der Waals surface area contributed by atoms with Crippen molar-refractivity contribution in [3.8, 4) is 0 Å². The quantitative estimate of drug-likeness (QED) is 0.577. The Morgan fingerprint density at radius 2 is 1.53 bits per heavy atom. The van der Waals surface area contributed by atoms with Crippen LogP contribution >= 0.6 is 0 Å². The predicted molar refractivity (Wildman–Crippen MR) is 65.7 cm³/mol. The molecule has 1 rings (SSSR count). The van der Waals surface area contributed by atoms with Crippen molar-refractivity contribution in [2.75, 3.05) is 19.8 Å². The van der Waals surface area contributed by atoms with Gasteiger partial charge in [-0.1, -0.05) is 32.1 Å². The molecule has 0 unspecified atom stereocenters. The molecule has 2 N–H and O–H groups in total. The van der Waals surface area contributed by atoms with Gasteiger partial charge >= 0.3 is 0 Å². The molecule has 0 aromatic rings. The van der Waals surface area contributed by atoms with Gasteiger partial charge < -0.3 is 19.7 Å². The molecule has 4 heteroatoms. The zero-order valence-electron chi connectivity index (χ0n) is 10.6. The minimum Gasteiger partial charge on any atom is -0.394 e. The second kappa shape index (κ2) is 9.83.